The van der Waals surface area contributed by atoms with Gasteiger partial charge in [0.15, 0.2) is 0 Å². The zero-order valence-corrected chi connectivity index (χ0v) is 11.9. The molecular formula is C13H16N2O4S. The van der Waals surface area contributed by atoms with Crippen LogP contribution in [-0.2, 0) is 9.53 Å². The van der Waals surface area contributed by atoms with E-state index in [2.05, 4.69) is 0 Å². The van der Waals surface area contributed by atoms with Gasteiger partial charge in [0.2, 0.25) is 0 Å². The molecule has 6 nitrogen and oxygen atoms in total. The first-order valence-electron chi connectivity index (χ1n) is 6.23. The zero-order valence-electron chi connectivity index (χ0n) is 11.1. The fraction of sp³-hybridized carbons (Fsp3) is 0.462. The number of rotatable bonds is 4. The van der Waals surface area contributed by atoms with Crippen molar-refractivity contribution < 1.29 is 14.5 Å². The molecule has 2 rings (SSSR count). The number of thioether (sulfide) groups is 1. The lowest BCUT2D eigenvalue weighted by Crippen LogP contribution is -2.46. The van der Waals surface area contributed by atoms with Crippen LogP contribution in [0.25, 0.3) is 0 Å². The molecule has 1 aliphatic rings. The van der Waals surface area contributed by atoms with E-state index in [0.29, 0.717) is 12.8 Å². The van der Waals surface area contributed by atoms with Gasteiger partial charge >= 0.3 is 5.97 Å². The minimum Gasteiger partial charge on any atom is -0.468 e. The molecule has 1 aromatic rings. The van der Waals surface area contributed by atoms with Crippen molar-refractivity contribution in [1.29, 1.82) is 0 Å². The average Bonchev–Trinajstić information content (AvgIpc) is 2.81. The SMILES string of the molecule is COC(=O)C1(N)CCC(Sc2ccc([N+](=O)[O-])cc2)C1. The third-order valence-electron chi connectivity index (χ3n) is 3.45. The van der Waals surface area contributed by atoms with Crippen molar-refractivity contribution in [3.8, 4) is 0 Å². The number of esters is 1. The van der Waals surface area contributed by atoms with E-state index in [9.17, 15) is 14.9 Å². The number of ether oxygens (including phenoxy) is 1. The first kappa shape index (κ1) is 14.8. The quantitative estimate of drug-likeness (QED) is 0.519. The van der Waals surface area contributed by atoms with Crippen LogP contribution in [0.2, 0.25) is 0 Å². The second-order valence-electron chi connectivity index (χ2n) is 4.88. The van der Waals surface area contributed by atoms with E-state index >= 15 is 0 Å². The van der Waals surface area contributed by atoms with Gasteiger partial charge < -0.3 is 10.5 Å². The largest absolute Gasteiger partial charge is 0.468 e. The van der Waals surface area contributed by atoms with Gasteiger partial charge in [-0.2, -0.15) is 0 Å². The highest BCUT2D eigenvalue weighted by atomic mass is 32.2. The number of benzene rings is 1. The Kier molecular flexibility index (Phi) is 4.29. The Morgan fingerprint density at radius 2 is 2.15 bits per heavy atom. The molecule has 0 aromatic heterocycles. The van der Waals surface area contributed by atoms with Crippen molar-refractivity contribution in [2.75, 3.05) is 7.11 Å². The number of nitro benzene ring substituents is 1. The number of non-ortho nitro benzene ring substituents is 1. The number of hydrogen-bond acceptors (Lipinski definition) is 6. The van der Waals surface area contributed by atoms with E-state index in [1.54, 1.807) is 23.9 Å². The Hall–Kier alpha value is -1.60. The first-order chi connectivity index (χ1) is 9.44. The highest BCUT2D eigenvalue weighted by molar-refractivity contribution is 8.00. The summed E-state index contributed by atoms with van der Waals surface area (Å²) in [5, 5.41) is 10.8. The predicted octanol–water partition coefficient (Wildman–Crippen LogP) is 2.11. The predicted molar refractivity (Wildman–Crippen MR) is 75.5 cm³/mol. The Labute approximate surface area is 120 Å². The lowest BCUT2D eigenvalue weighted by atomic mass is 10.00. The molecule has 0 aliphatic heterocycles. The van der Waals surface area contributed by atoms with E-state index in [1.165, 1.54) is 19.2 Å². The highest BCUT2D eigenvalue weighted by Gasteiger charge is 2.43. The number of carbonyl (C=O) groups is 1. The van der Waals surface area contributed by atoms with E-state index in [-0.39, 0.29) is 16.9 Å². The van der Waals surface area contributed by atoms with Gasteiger partial charge in [0, 0.05) is 22.3 Å². The molecule has 1 saturated carbocycles. The van der Waals surface area contributed by atoms with Gasteiger partial charge in [-0.3, -0.25) is 14.9 Å². The fourth-order valence-corrected chi connectivity index (χ4v) is 3.65. The third-order valence-corrected chi connectivity index (χ3v) is 4.73. The molecule has 1 aromatic carbocycles. The van der Waals surface area contributed by atoms with Crippen molar-refractivity contribution in [3.63, 3.8) is 0 Å². The van der Waals surface area contributed by atoms with Gasteiger partial charge in [-0.1, -0.05) is 0 Å². The molecule has 1 aliphatic carbocycles. The second kappa shape index (κ2) is 5.80. The van der Waals surface area contributed by atoms with Gasteiger partial charge in [-0.05, 0) is 31.4 Å². The summed E-state index contributed by atoms with van der Waals surface area (Å²) in [6.07, 6.45) is 1.99. The van der Waals surface area contributed by atoms with E-state index < -0.39 is 10.5 Å². The van der Waals surface area contributed by atoms with Crippen molar-refractivity contribution in [1.82, 2.24) is 0 Å². The topological polar surface area (TPSA) is 95.5 Å². The van der Waals surface area contributed by atoms with Crippen LogP contribution >= 0.6 is 11.8 Å². The molecule has 2 N–H and O–H groups in total. The molecule has 2 atom stereocenters. The Balaban J connectivity index is 1.98. The van der Waals surface area contributed by atoms with Gasteiger partial charge in [-0.15, -0.1) is 11.8 Å². The summed E-state index contributed by atoms with van der Waals surface area (Å²) in [4.78, 5) is 22.7. The average molecular weight is 296 g/mol. The second-order valence-corrected chi connectivity index (χ2v) is 6.26. The summed E-state index contributed by atoms with van der Waals surface area (Å²) in [5.74, 6) is -0.371. The molecule has 2 unspecified atom stereocenters. The number of carbonyl (C=O) groups excluding carboxylic acids is 1. The smallest absolute Gasteiger partial charge is 0.325 e. The van der Waals surface area contributed by atoms with Crippen molar-refractivity contribution in [2.45, 2.75) is 34.9 Å². The summed E-state index contributed by atoms with van der Waals surface area (Å²) in [6.45, 7) is 0. The molecule has 0 bridgehead atoms. The maximum Gasteiger partial charge on any atom is 0.325 e. The fourth-order valence-electron chi connectivity index (χ4n) is 2.36. The molecule has 0 saturated heterocycles. The molecule has 0 amide bonds. The van der Waals surface area contributed by atoms with Crippen LogP contribution < -0.4 is 5.73 Å². The van der Waals surface area contributed by atoms with Gasteiger partial charge in [0.05, 0.1) is 12.0 Å². The highest BCUT2D eigenvalue weighted by Crippen LogP contribution is 2.39. The van der Waals surface area contributed by atoms with Crippen LogP contribution in [0, 0.1) is 10.1 Å². The number of methoxy groups -OCH3 is 1. The summed E-state index contributed by atoms with van der Waals surface area (Å²) in [7, 11) is 1.34. The minimum atomic E-state index is -0.896. The van der Waals surface area contributed by atoms with Crippen LogP contribution in [0.15, 0.2) is 29.2 Å². The molecule has 20 heavy (non-hydrogen) atoms. The Morgan fingerprint density at radius 1 is 1.50 bits per heavy atom. The number of nitro groups is 1. The van der Waals surface area contributed by atoms with Crippen molar-refractivity contribution >= 4 is 23.4 Å². The van der Waals surface area contributed by atoms with E-state index in [0.717, 1.165) is 11.3 Å². The van der Waals surface area contributed by atoms with Crippen LogP contribution in [0.1, 0.15) is 19.3 Å². The molecule has 1 fully saturated rings. The van der Waals surface area contributed by atoms with Crippen molar-refractivity contribution in [2.24, 2.45) is 5.73 Å². The first-order valence-corrected chi connectivity index (χ1v) is 7.11. The van der Waals surface area contributed by atoms with E-state index in [4.69, 9.17) is 10.5 Å². The molecule has 108 valence electrons. The molecule has 0 heterocycles. The normalized spacial score (nSPS) is 25.4. The summed E-state index contributed by atoms with van der Waals surface area (Å²) in [6, 6.07) is 6.40. The monoisotopic (exact) mass is 296 g/mol. The maximum atomic E-state index is 11.6. The standard InChI is InChI=1S/C13H16N2O4S/c1-19-12(16)13(14)7-6-11(8-13)20-10-4-2-9(3-5-10)15(17)18/h2-5,11H,6-8,14H2,1H3. The maximum absolute atomic E-state index is 11.6. The summed E-state index contributed by atoms with van der Waals surface area (Å²) < 4.78 is 4.73. The lowest BCUT2D eigenvalue weighted by Gasteiger charge is -2.20. The molecule has 0 radical (unpaired) electrons. The number of nitrogens with zero attached hydrogens (tertiary/aromatic N) is 1. The van der Waals surface area contributed by atoms with E-state index in [1.807, 2.05) is 0 Å². The Morgan fingerprint density at radius 3 is 2.70 bits per heavy atom. The van der Waals surface area contributed by atoms with Gasteiger partial charge in [0.1, 0.15) is 5.54 Å². The zero-order chi connectivity index (χ0) is 14.8. The van der Waals surface area contributed by atoms with Gasteiger partial charge in [0.25, 0.3) is 5.69 Å². The van der Waals surface area contributed by atoms with Gasteiger partial charge in [-0.25, -0.2) is 0 Å². The lowest BCUT2D eigenvalue weighted by molar-refractivity contribution is -0.384. The Bertz CT molecular complexity index is 520. The van der Waals surface area contributed by atoms with Crippen LogP contribution in [0.4, 0.5) is 5.69 Å². The van der Waals surface area contributed by atoms with Crippen LogP contribution in [-0.4, -0.2) is 28.8 Å². The summed E-state index contributed by atoms with van der Waals surface area (Å²) in [5.41, 5.74) is 5.22. The van der Waals surface area contributed by atoms with Crippen LogP contribution in [0.5, 0.6) is 0 Å². The molecule has 7 heteroatoms. The molecule has 0 spiro atoms. The minimum absolute atomic E-state index is 0.0727. The number of nitrogens with two attached hydrogens (primary N) is 1. The summed E-state index contributed by atoms with van der Waals surface area (Å²) >= 11 is 1.59. The number of hydrogen-bond donors (Lipinski definition) is 1. The van der Waals surface area contributed by atoms with Crippen molar-refractivity contribution in [3.05, 3.63) is 34.4 Å². The molecular weight excluding hydrogens is 280 g/mol. The van der Waals surface area contributed by atoms with Crippen LogP contribution in [0.3, 0.4) is 0 Å². The third kappa shape index (κ3) is 3.10.